The van der Waals surface area contributed by atoms with Gasteiger partial charge in [-0.3, -0.25) is 0 Å². The second-order valence-electron chi connectivity index (χ2n) is 5.02. The molecule has 0 amide bonds. The van der Waals surface area contributed by atoms with Crippen molar-refractivity contribution in [2.75, 3.05) is 0 Å². The quantitative estimate of drug-likeness (QED) is 0.719. The zero-order valence-electron chi connectivity index (χ0n) is 10.2. The largest absolute Gasteiger partial charge is 0.385 e. The van der Waals surface area contributed by atoms with E-state index in [4.69, 9.17) is 0 Å². The van der Waals surface area contributed by atoms with Crippen molar-refractivity contribution in [3.05, 3.63) is 35.9 Å². The minimum absolute atomic E-state index is 0.506. The molecule has 0 aliphatic heterocycles. The molecular formula is C15H22O. The van der Waals surface area contributed by atoms with Gasteiger partial charge in [0, 0.05) is 0 Å². The zero-order valence-corrected chi connectivity index (χ0v) is 10.2. The van der Waals surface area contributed by atoms with Gasteiger partial charge in [-0.15, -0.1) is 0 Å². The molecule has 0 bridgehead atoms. The van der Waals surface area contributed by atoms with Crippen LogP contribution in [0.4, 0.5) is 0 Å². The van der Waals surface area contributed by atoms with Crippen LogP contribution in [-0.2, 0) is 5.60 Å². The maximum atomic E-state index is 10.8. The maximum absolute atomic E-state index is 10.8. The first kappa shape index (κ1) is 11.7. The van der Waals surface area contributed by atoms with Crippen LogP contribution >= 0.6 is 0 Å². The molecule has 1 aromatic carbocycles. The Morgan fingerprint density at radius 1 is 1.19 bits per heavy atom. The van der Waals surface area contributed by atoms with E-state index in [0.29, 0.717) is 5.92 Å². The lowest BCUT2D eigenvalue weighted by atomic mass is 9.84. The molecule has 1 N–H and O–H groups in total. The van der Waals surface area contributed by atoms with Crippen LogP contribution in [0, 0.1) is 5.92 Å². The van der Waals surface area contributed by atoms with Crippen LogP contribution in [0.3, 0.4) is 0 Å². The van der Waals surface area contributed by atoms with Gasteiger partial charge in [0.25, 0.3) is 0 Å². The summed E-state index contributed by atoms with van der Waals surface area (Å²) >= 11 is 0. The lowest BCUT2D eigenvalue weighted by Gasteiger charge is -2.29. The van der Waals surface area contributed by atoms with Crippen LogP contribution in [0.1, 0.15) is 51.0 Å². The Hall–Kier alpha value is -0.820. The number of rotatable bonds is 6. The Balaban J connectivity index is 2.09. The third-order valence-electron chi connectivity index (χ3n) is 3.69. The second-order valence-corrected chi connectivity index (χ2v) is 5.02. The van der Waals surface area contributed by atoms with E-state index < -0.39 is 5.60 Å². The van der Waals surface area contributed by atoms with Crippen LogP contribution in [0.15, 0.2) is 30.3 Å². The zero-order chi connectivity index (χ0) is 11.4. The third-order valence-corrected chi connectivity index (χ3v) is 3.69. The Labute approximate surface area is 98.5 Å². The molecule has 1 aliphatic rings. The Kier molecular flexibility index (Phi) is 3.65. The fourth-order valence-electron chi connectivity index (χ4n) is 2.52. The van der Waals surface area contributed by atoms with E-state index in [0.717, 1.165) is 18.4 Å². The molecule has 0 aromatic heterocycles. The Morgan fingerprint density at radius 3 is 2.44 bits per heavy atom. The average Bonchev–Trinajstić information content (AvgIpc) is 3.14. The average molecular weight is 218 g/mol. The van der Waals surface area contributed by atoms with E-state index in [-0.39, 0.29) is 0 Å². The summed E-state index contributed by atoms with van der Waals surface area (Å²) in [5.74, 6) is 0.506. The van der Waals surface area contributed by atoms with Crippen molar-refractivity contribution in [1.82, 2.24) is 0 Å². The van der Waals surface area contributed by atoms with Gasteiger partial charge in [-0.1, -0.05) is 56.5 Å². The fourth-order valence-corrected chi connectivity index (χ4v) is 2.52. The molecule has 1 unspecified atom stereocenters. The minimum atomic E-state index is -0.545. The molecule has 16 heavy (non-hydrogen) atoms. The summed E-state index contributed by atoms with van der Waals surface area (Å²) in [5, 5.41) is 10.8. The summed E-state index contributed by atoms with van der Waals surface area (Å²) in [7, 11) is 0. The monoisotopic (exact) mass is 218 g/mol. The standard InChI is InChI=1S/C15H22O/c1-2-3-7-12-15(16,14-10-11-14)13-8-5-4-6-9-13/h4-6,8-9,14,16H,2-3,7,10-12H2,1H3. The normalized spacial score (nSPS) is 19.4. The van der Waals surface area contributed by atoms with Crippen molar-refractivity contribution >= 4 is 0 Å². The van der Waals surface area contributed by atoms with Crippen LogP contribution in [-0.4, -0.2) is 5.11 Å². The van der Waals surface area contributed by atoms with Gasteiger partial charge >= 0.3 is 0 Å². The van der Waals surface area contributed by atoms with Gasteiger partial charge < -0.3 is 5.11 Å². The summed E-state index contributed by atoms with van der Waals surface area (Å²) < 4.78 is 0. The van der Waals surface area contributed by atoms with Gasteiger partial charge in [0.15, 0.2) is 0 Å². The number of aliphatic hydroxyl groups is 1. The maximum Gasteiger partial charge on any atom is 0.0924 e. The van der Waals surface area contributed by atoms with Crippen molar-refractivity contribution in [2.45, 2.75) is 51.0 Å². The highest BCUT2D eigenvalue weighted by atomic mass is 16.3. The van der Waals surface area contributed by atoms with Gasteiger partial charge in [0.1, 0.15) is 0 Å². The highest BCUT2D eigenvalue weighted by Gasteiger charge is 2.44. The van der Waals surface area contributed by atoms with Crippen molar-refractivity contribution in [1.29, 1.82) is 0 Å². The number of unbranched alkanes of at least 4 members (excludes halogenated alkanes) is 2. The minimum Gasteiger partial charge on any atom is -0.385 e. The summed E-state index contributed by atoms with van der Waals surface area (Å²) in [6.07, 6.45) is 6.89. The highest BCUT2D eigenvalue weighted by Crippen LogP contribution is 2.48. The predicted octanol–water partition coefficient (Wildman–Crippen LogP) is 3.86. The number of benzene rings is 1. The molecule has 1 heteroatoms. The molecule has 0 saturated heterocycles. The third kappa shape index (κ3) is 2.46. The smallest absolute Gasteiger partial charge is 0.0924 e. The first-order valence-corrected chi connectivity index (χ1v) is 6.55. The Bertz CT molecular complexity index is 315. The molecule has 1 nitrogen and oxygen atoms in total. The van der Waals surface area contributed by atoms with Crippen LogP contribution in [0.25, 0.3) is 0 Å². The van der Waals surface area contributed by atoms with Crippen molar-refractivity contribution in [3.63, 3.8) is 0 Å². The number of hydrogen-bond acceptors (Lipinski definition) is 1. The highest BCUT2D eigenvalue weighted by molar-refractivity contribution is 5.24. The molecule has 1 saturated carbocycles. The van der Waals surface area contributed by atoms with Crippen LogP contribution in [0.2, 0.25) is 0 Å². The van der Waals surface area contributed by atoms with E-state index in [1.807, 2.05) is 18.2 Å². The molecule has 1 aliphatic carbocycles. The summed E-state index contributed by atoms with van der Waals surface area (Å²) in [5.41, 5.74) is 0.574. The van der Waals surface area contributed by atoms with Crippen molar-refractivity contribution < 1.29 is 5.11 Å². The van der Waals surface area contributed by atoms with Crippen LogP contribution in [0.5, 0.6) is 0 Å². The van der Waals surface area contributed by atoms with E-state index in [1.165, 1.54) is 25.7 Å². The summed E-state index contributed by atoms with van der Waals surface area (Å²) in [6, 6.07) is 10.2. The SMILES string of the molecule is CCCCCC(O)(c1ccccc1)C1CC1. The number of hydrogen-bond donors (Lipinski definition) is 1. The topological polar surface area (TPSA) is 20.2 Å². The van der Waals surface area contributed by atoms with Gasteiger partial charge in [-0.25, -0.2) is 0 Å². The molecular weight excluding hydrogens is 196 g/mol. The molecule has 1 fully saturated rings. The molecule has 88 valence electrons. The lowest BCUT2D eigenvalue weighted by Crippen LogP contribution is -2.28. The molecule has 1 atom stereocenters. The molecule has 0 heterocycles. The molecule has 0 spiro atoms. The van der Waals surface area contributed by atoms with Gasteiger partial charge in [0.2, 0.25) is 0 Å². The summed E-state index contributed by atoms with van der Waals surface area (Å²) in [4.78, 5) is 0. The second kappa shape index (κ2) is 5.01. The molecule has 1 aromatic rings. The summed E-state index contributed by atoms with van der Waals surface area (Å²) in [6.45, 7) is 2.21. The first-order chi connectivity index (χ1) is 7.77. The first-order valence-electron chi connectivity index (χ1n) is 6.55. The van der Waals surface area contributed by atoms with E-state index >= 15 is 0 Å². The molecule has 2 rings (SSSR count). The predicted molar refractivity (Wildman–Crippen MR) is 67.2 cm³/mol. The van der Waals surface area contributed by atoms with Gasteiger partial charge in [-0.2, -0.15) is 0 Å². The fraction of sp³-hybridized carbons (Fsp3) is 0.600. The lowest BCUT2D eigenvalue weighted by molar-refractivity contribution is 0.00170. The van der Waals surface area contributed by atoms with Gasteiger partial charge in [-0.05, 0) is 30.7 Å². The van der Waals surface area contributed by atoms with Gasteiger partial charge in [0.05, 0.1) is 5.60 Å². The van der Waals surface area contributed by atoms with E-state index in [1.54, 1.807) is 0 Å². The van der Waals surface area contributed by atoms with E-state index in [2.05, 4.69) is 19.1 Å². The van der Waals surface area contributed by atoms with Crippen molar-refractivity contribution in [3.8, 4) is 0 Å². The Morgan fingerprint density at radius 2 is 1.88 bits per heavy atom. The van der Waals surface area contributed by atoms with Crippen molar-refractivity contribution in [2.24, 2.45) is 5.92 Å². The van der Waals surface area contributed by atoms with Crippen LogP contribution < -0.4 is 0 Å². The molecule has 0 radical (unpaired) electrons. The van der Waals surface area contributed by atoms with E-state index in [9.17, 15) is 5.11 Å².